The molecule has 2 amide bonds. The van der Waals surface area contributed by atoms with Crippen LogP contribution in [0, 0.1) is 5.82 Å². The zero-order chi connectivity index (χ0) is 16.8. The minimum Gasteiger partial charge on any atom is -0.496 e. The van der Waals surface area contributed by atoms with Gasteiger partial charge in [-0.15, -0.1) is 0 Å². The Balaban J connectivity index is 2.01. The van der Waals surface area contributed by atoms with E-state index in [0.29, 0.717) is 43.9 Å². The standard InChI is InChI=1S/C16H21FN2O4/c1-22-14-5-4-13(17)10-12(14)11-15(20)18-6-3-7-19(9-8-18)16(21)23-2/h4-5,10H,3,6-9,11H2,1-2H3. The van der Waals surface area contributed by atoms with Crippen molar-refractivity contribution in [2.45, 2.75) is 12.8 Å². The molecule has 0 atom stereocenters. The van der Waals surface area contributed by atoms with Gasteiger partial charge in [-0.25, -0.2) is 9.18 Å². The third kappa shape index (κ3) is 4.34. The number of rotatable bonds is 3. The van der Waals surface area contributed by atoms with E-state index in [-0.39, 0.29) is 18.4 Å². The summed E-state index contributed by atoms with van der Waals surface area (Å²) in [6.45, 7) is 1.98. The molecule has 1 aliphatic rings. The lowest BCUT2D eigenvalue weighted by Gasteiger charge is -2.22. The van der Waals surface area contributed by atoms with Gasteiger partial charge in [-0.05, 0) is 24.6 Å². The molecule has 7 heteroatoms. The van der Waals surface area contributed by atoms with Crippen molar-refractivity contribution in [3.8, 4) is 5.75 Å². The minimum absolute atomic E-state index is 0.0686. The number of benzene rings is 1. The van der Waals surface area contributed by atoms with Gasteiger partial charge >= 0.3 is 6.09 Å². The van der Waals surface area contributed by atoms with Gasteiger partial charge in [-0.3, -0.25) is 4.79 Å². The summed E-state index contributed by atoms with van der Waals surface area (Å²) in [6, 6.07) is 4.13. The number of hydrogen-bond acceptors (Lipinski definition) is 4. The highest BCUT2D eigenvalue weighted by Crippen LogP contribution is 2.20. The van der Waals surface area contributed by atoms with Crippen LogP contribution in [0.5, 0.6) is 5.75 Å². The molecule has 1 aromatic carbocycles. The number of amides is 2. The summed E-state index contributed by atoms with van der Waals surface area (Å²) in [7, 11) is 2.83. The monoisotopic (exact) mass is 324 g/mol. The van der Waals surface area contributed by atoms with E-state index in [2.05, 4.69) is 0 Å². The normalized spacial score (nSPS) is 15.1. The molecule has 0 aromatic heterocycles. The highest BCUT2D eigenvalue weighted by molar-refractivity contribution is 5.79. The van der Waals surface area contributed by atoms with Crippen LogP contribution in [0.3, 0.4) is 0 Å². The Bertz CT molecular complexity index is 579. The van der Waals surface area contributed by atoms with Crippen molar-refractivity contribution >= 4 is 12.0 Å². The number of methoxy groups -OCH3 is 2. The Morgan fingerprint density at radius 1 is 1.13 bits per heavy atom. The second-order valence-electron chi connectivity index (χ2n) is 5.32. The number of carbonyl (C=O) groups is 2. The summed E-state index contributed by atoms with van der Waals surface area (Å²) < 4.78 is 23.3. The summed E-state index contributed by atoms with van der Waals surface area (Å²) in [5, 5.41) is 0. The van der Waals surface area contributed by atoms with E-state index in [4.69, 9.17) is 9.47 Å². The number of halogens is 1. The molecule has 1 aliphatic heterocycles. The number of carbonyl (C=O) groups excluding carboxylic acids is 2. The Morgan fingerprint density at radius 3 is 2.52 bits per heavy atom. The summed E-state index contributed by atoms with van der Waals surface area (Å²) in [6.07, 6.45) is 0.367. The molecule has 1 saturated heterocycles. The maximum atomic E-state index is 13.4. The van der Waals surface area contributed by atoms with E-state index in [9.17, 15) is 14.0 Å². The lowest BCUT2D eigenvalue weighted by molar-refractivity contribution is -0.130. The molecule has 1 fully saturated rings. The van der Waals surface area contributed by atoms with Crippen LogP contribution in [0.25, 0.3) is 0 Å². The second-order valence-corrected chi connectivity index (χ2v) is 5.32. The zero-order valence-corrected chi connectivity index (χ0v) is 13.4. The molecule has 2 rings (SSSR count). The summed E-state index contributed by atoms with van der Waals surface area (Å²) in [5.41, 5.74) is 0.520. The van der Waals surface area contributed by atoms with Gasteiger partial charge in [-0.1, -0.05) is 0 Å². The first-order valence-corrected chi connectivity index (χ1v) is 7.48. The molecule has 6 nitrogen and oxygen atoms in total. The molecule has 0 unspecified atom stereocenters. The van der Waals surface area contributed by atoms with E-state index in [1.807, 2.05) is 0 Å². The summed E-state index contributed by atoms with van der Waals surface area (Å²) >= 11 is 0. The van der Waals surface area contributed by atoms with Crippen LogP contribution in [0.15, 0.2) is 18.2 Å². The second kappa shape index (κ2) is 7.80. The molecule has 0 bridgehead atoms. The first kappa shape index (κ1) is 17.1. The van der Waals surface area contributed by atoms with Gasteiger partial charge in [0.15, 0.2) is 0 Å². The van der Waals surface area contributed by atoms with Gasteiger partial charge in [0.1, 0.15) is 11.6 Å². The van der Waals surface area contributed by atoms with E-state index < -0.39 is 5.82 Å². The van der Waals surface area contributed by atoms with Crippen molar-refractivity contribution < 1.29 is 23.5 Å². The van der Waals surface area contributed by atoms with Crippen molar-refractivity contribution in [2.24, 2.45) is 0 Å². The van der Waals surface area contributed by atoms with Crippen LogP contribution < -0.4 is 4.74 Å². The van der Waals surface area contributed by atoms with E-state index in [0.717, 1.165) is 0 Å². The minimum atomic E-state index is -0.402. The van der Waals surface area contributed by atoms with Crippen molar-refractivity contribution in [3.05, 3.63) is 29.6 Å². The van der Waals surface area contributed by atoms with Gasteiger partial charge in [-0.2, -0.15) is 0 Å². The lowest BCUT2D eigenvalue weighted by Crippen LogP contribution is -2.37. The highest BCUT2D eigenvalue weighted by Gasteiger charge is 2.23. The molecule has 1 aromatic rings. The molecule has 0 N–H and O–H groups in total. The molecule has 126 valence electrons. The van der Waals surface area contributed by atoms with Gasteiger partial charge in [0.25, 0.3) is 0 Å². The first-order chi connectivity index (χ1) is 11.0. The SMILES string of the molecule is COC(=O)N1CCCN(C(=O)Cc2cc(F)ccc2OC)CC1. The quantitative estimate of drug-likeness (QED) is 0.849. The fourth-order valence-electron chi connectivity index (χ4n) is 2.64. The predicted octanol–water partition coefficient (Wildman–Crippen LogP) is 1.68. The van der Waals surface area contributed by atoms with Crippen LogP contribution in [0.2, 0.25) is 0 Å². The van der Waals surface area contributed by atoms with Crippen molar-refractivity contribution in [2.75, 3.05) is 40.4 Å². The summed E-state index contributed by atoms with van der Waals surface area (Å²) in [5.74, 6) is -0.0206. The van der Waals surface area contributed by atoms with E-state index in [1.54, 1.807) is 9.80 Å². The van der Waals surface area contributed by atoms with Crippen LogP contribution in [-0.2, 0) is 16.0 Å². The van der Waals surface area contributed by atoms with E-state index in [1.165, 1.54) is 32.4 Å². The average molecular weight is 324 g/mol. The third-order valence-electron chi connectivity index (χ3n) is 3.87. The van der Waals surface area contributed by atoms with Crippen molar-refractivity contribution in [1.82, 2.24) is 9.80 Å². The highest BCUT2D eigenvalue weighted by atomic mass is 19.1. The van der Waals surface area contributed by atoms with Crippen LogP contribution in [-0.4, -0.2) is 62.2 Å². The smallest absolute Gasteiger partial charge is 0.409 e. The topological polar surface area (TPSA) is 59.1 Å². The maximum absolute atomic E-state index is 13.4. The molecule has 0 saturated carbocycles. The van der Waals surface area contributed by atoms with Gasteiger partial charge in [0.2, 0.25) is 5.91 Å². The first-order valence-electron chi connectivity index (χ1n) is 7.48. The maximum Gasteiger partial charge on any atom is 0.409 e. The van der Waals surface area contributed by atoms with Crippen molar-refractivity contribution in [1.29, 1.82) is 0 Å². The fraction of sp³-hybridized carbons (Fsp3) is 0.500. The molecule has 0 spiro atoms. The summed E-state index contributed by atoms with van der Waals surface area (Å²) in [4.78, 5) is 27.3. The van der Waals surface area contributed by atoms with Gasteiger partial charge in [0.05, 0.1) is 20.6 Å². The van der Waals surface area contributed by atoms with Gasteiger partial charge < -0.3 is 19.3 Å². The van der Waals surface area contributed by atoms with E-state index >= 15 is 0 Å². The Hall–Kier alpha value is -2.31. The Morgan fingerprint density at radius 2 is 1.83 bits per heavy atom. The molecule has 23 heavy (non-hydrogen) atoms. The lowest BCUT2D eigenvalue weighted by atomic mass is 10.1. The molecular formula is C16H21FN2O4. The van der Waals surface area contributed by atoms with Crippen LogP contribution in [0.1, 0.15) is 12.0 Å². The van der Waals surface area contributed by atoms with Crippen molar-refractivity contribution in [3.63, 3.8) is 0 Å². The fourth-order valence-corrected chi connectivity index (χ4v) is 2.64. The Kier molecular flexibility index (Phi) is 5.78. The average Bonchev–Trinajstić information content (AvgIpc) is 2.80. The zero-order valence-electron chi connectivity index (χ0n) is 13.4. The van der Waals surface area contributed by atoms with Gasteiger partial charge in [0, 0.05) is 31.7 Å². The Labute approximate surface area is 134 Å². The molecule has 1 heterocycles. The predicted molar refractivity (Wildman–Crippen MR) is 81.8 cm³/mol. The number of ether oxygens (including phenoxy) is 2. The van der Waals surface area contributed by atoms with Crippen LogP contribution in [0.4, 0.5) is 9.18 Å². The number of nitrogens with zero attached hydrogens (tertiary/aromatic N) is 2. The molecule has 0 radical (unpaired) electrons. The molecule has 0 aliphatic carbocycles. The third-order valence-corrected chi connectivity index (χ3v) is 3.87. The number of hydrogen-bond donors (Lipinski definition) is 0. The molecular weight excluding hydrogens is 303 g/mol. The van der Waals surface area contributed by atoms with Crippen LogP contribution >= 0.6 is 0 Å². The largest absolute Gasteiger partial charge is 0.496 e.